The van der Waals surface area contributed by atoms with Gasteiger partial charge >= 0.3 is 0 Å². The summed E-state index contributed by atoms with van der Waals surface area (Å²) in [5, 5.41) is 0.801. The lowest BCUT2D eigenvalue weighted by Crippen LogP contribution is -1.97. The average Bonchev–Trinajstić information content (AvgIpc) is 2.95. The molecular formula is C14H14N4O2S. The number of aromatic amines is 1. The molecule has 0 saturated heterocycles. The number of imidazole rings is 1. The molecule has 0 radical (unpaired) electrons. The summed E-state index contributed by atoms with van der Waals surface area (Å²) >= 11 is 1.54. The maximum atomic E-state index is 5.37. The Morgan fingerprint density at radius 2 is 2.05 bits per heavy atom. The van der Waals surface area contributed by atoms with Crippen LogP contribution in [0.2, 0.25) is 0 Å². The van der Waals surface area contributed by atoms with Gasteiger partial charge in [-0.05, 0) is 12.1 Å². The predicted molar refractivity (Wildman–Crippen MR) is 80.8 cm³/mol. The van der Waals surface area contributed by atoms with Gasteiger partial charge in [0.15, 0.2) is 22.3 Å². The first-order valence-corrected chi connectivity index (χ1v) is 7.29. The molecule has 0 bridgehead atoms. The highest BCUT2D eigenvalue weighted by atomic mass is 32.2. The first kappa shape index (κ1) is 13.7. The number of nitrogens with one attached hydrogen (secondary N) is 1. The monoisotopic (exact) mass is 302 g/mol. The lowest BCUT2D eigenvalue weighted by Gasteiger charge is -2.10. The van der Waals surface area contributed by atoms with Crippen molar-refractivity contribution in [1.29, 1.82) is 0 Å². The summed E-state index contributed by atoms with van der Waals surface area (Å²) in [6.07, 6.45) is 3.43. The van der Waals surface area contributed by atoms with Gasteiger partial charge in [0.25, 0.3) is 0 Å². The van der Waals surface area contributed by atoms with Crippen LogP contribution in [0.3, 0.4) is 0 Å². The molecule has 108 valence electrons. The van der Waals surface area contributed by atoms with Gasteiger partial charge in [-0.3, -0.25) is 4.98 Å². The van der Waals surface area contributed by atoms with E-state index in [0.717, 1.165) is 16.4 Å². The molecule has 0 aliphatic heterocycles. The minimum atomic E-state index is 0.625. The quantitative estimate of drug-likeness (QED) is 0.730. The second-order valence-electron chi connectivity index (χ2n) is 4.20. The molecule has 6 nitrogen and oxygen atoms in total. The van der Waals surface area contributed by atoms with Gasteiger partial charge < -0.3 is 14.5 Å². The van der Waals surface area contributed by atoms with Crippen molar-refractivity contribution in [3.8, 4) is 11.5 Å². The van der Waals surface area contributed by atoms with Crippen LogP contribution in [0.15, 0.2) is 35.7 Å². The molecule has 0 aliphatic carbocycles. The molecule has 0 spiro atoms. The van der Waals surface area contributed by atoms with Crippen LogP contribution in [0.1, 0.15) is 5.69 Å². The first-order valence-electron chi connectivity index (χ1n) is 6.31. The zero-order valence-electron chi connectivity index (χ0n) is 11.7. The molecular weight excluding hydrogens is 288 g/mol. The smallest absolute Gasteiger partial charge is 0.183 e. The van der Waals surface area contributed by atoms with Gasteiger partial charge in [0.1, 0.15) is 0 Å². The van der Waals surface area contributed by atoms with Crippen LogP contribution in [0.25, 0.3) is 11.2 Å². The number of hydrogen-bond donors (Lipinski definition) is 1. The highest BCUT2D eigenvalue weighted by Crippen LogP contribution is 2.32. The predicted octanol–water partition coefficient (Wildman–Crippen LogP) is 2.66. The maximum absolute atomic E-state index is 5.37. The number of hydrogen-bond acceptors (Lipinski definition) is 6. The van der Waals surface area contributed by atoms with E-state index in [0.29, 0.717) is 22.9 Å². The Balaban J connectivity index is 1.81. The molecule has 0 atom stereocenters. The summed E-state index contributed by atoms with van der Waals surface area (Å²) in [6, 6.07) is 5.60. The van der Waals surface area contributed by atoms with Gasteiger partial charge in [0.2, 0.25) is 0 Å². The lowest BCUT2D eigenvalue weighted by atomic mass is 10.3. The van der Waals surface area contributed by atoms with Crippen LogP contribution in [0, 0.1) is 0 Å². The number of rotatable bonds is 5. The van der Waals surface area contributed by atoms with Crippen LogP contribution in [-0.2, 0) is 5.75 Å². The van der Waals surface area contributed by atoms with Crippen molar-refractivity contribution < 1.29 is 9.47 Å². The number of aromatic nitrogens is 4. The Morgan fingerprint density at radius 1 is 1.14 bits per heavy atom. The first-order chi connectivity index (χ1) is 10.3. The maximum Gasteiger partial charge on any atom is 0.183 e. The number of fused-ring (bicyclic) bond motifs is 1. The molecule has 0 aliphatic rings. The SMILES string of the molecule is COc1ccnc(CSc2nc3ncccc3[nH]2)c1OC. The van der Waals surface area contributed by atoms with E-state index in [9.17, 15) is 0 Å². The van der Waals surface area contributed by atoms with Gasteiger partial charge in [-0.15, -0.1) is 0 Å². The van der Waals surface area contributed by atoms with Crippen molar-refractivity contribution in [2.45, 2.75) is 10.9 Å². The lowest BCUT2D eigenvalue weighted by molar-refractivity contribution is 0.350. The Morgan fingerprint density at radius 3 is 2.81 bits per heavy atom. The molecule has 3 aromatic rings. The third kappa shape index (κ3) is 2.78. The molecule has 3 aromatic heterocycles. The molecule has 0 saturated carbocycles. The topological polar surface area (TPSA) is 72.9 Å². The van der Waals surface area contributed by atoms with E-state index in [1.807, 2.05) is 12.1 Å². The van der Waals surface area contributed by atoms with Crippen molar-refractivity contribution in [1.82, 2.24) is 19.9 Å². The Bertz CT molecular complexity index is 727. The summed E-state index contributed by atoms with van der Waals surface area (Å²) < 4.78 is 10.6. The van der Waals surface area contributed by atoms with Crippen LogP contribution < -0.4 is 9.47 Å². The molecule has 3 heterocycles. The number of nitrogens with zero attached hydrogens (tertiary/aromatic N) is 3. The number of ether oxygens (including phenoxy) is 2. The largest absolute Gasteiger partial charge is 0.493 e. The van der Waals surface area contributed by atoms with E-state index in [-0.39, 0.29) is 0 Å². The summed E-state index contributed by atoms with van der Waals surface area (Å²) in [5.74, 6) is 1.95. The Kier molecular flexibility index (Phi) is 3.92. The van der Waals surface area contributed by atoms with Gasteiger partial charge in [-0.1, -0.05) is 11.8 Å². The fraction of sp³-hybridized carbons (Fsp3) is 0.214. The van der Waals surface area contributed by atoms with Crippen LogP contribution in [0.5, 0.6) is 11.5 Å². The van der Waals surface area contributed by atoms with Crippen molar-refractivity contribution >= 4 is 22.9 Å². The van der Waals surface area contributed by atoms with Crippen molar-refractivity contribution in [2.24, 2.45) is 0 Å². The highest BCUT2D eigenvalue weighted by molar-refractivity contribution is 7.98. The summed E-state index contributed by atoms with van der Waals surface area (Å²) in [4.78, 5) is 16.2. The van der Waals surface area contributed by atoms with Crippen molar-refractivity contribution in [3.05, 3.63) is 36.3 Å². The van der Waals surface area contributed by atoms with Gasteiger partial charge in [0.05, 0.1) is 25.4 Å². The second kappa shape index (κ2) is 6.01. The molecule has 0 aromatic carbocycles. The normalized spacial score (nSPS) is 10.8. The number of thioether (sulfide) groups is 1. The number of methoxy groups -OCH3 is 2. The van der Waals surface area contributed by atoms with E-state index in [1.165, 1.54) is 0 Å². The minimum absolute atomic E-state index is 0.625. The van der Waals surface area contributed by atoms with E-state index < -0.39 is 0 Å². The average molecular weight is 302 g/mol. The molecule has 0 unspecified atom stereocenters. The van der Waals surface area contributed by atoms with E-state index >= 15 is 0 Å². The zero-order valence-corrected chi connectivity index (χ0v) is 12.5. The van der Waals surface area contributed by atoms with E-state index in [1.54, 1.807) is 44.4 Å². The molecule has 21 heavy (non-hydrogen) atoms. The van der Waals surface area contributed by atoms with Crippen LogP contribution in [0.4, 0.5) is 0 Å². The Labute approximate surface area is 125 Å². The standard InChI is InChI=1S/C14H14N4O2S/c1-19-11-5-7-15-10(12(11)20-2)8-21-14-17-9-4-3-6-16-13(9)18-14/h3-7H,8H2,1-2H3,(H,16,17,18). The molecule has 0 amide bonds. The fourth-order valence-corrected chi connectivity index (χ4v) is 2.79. The third-order valence-corrected chi connectivity index (χ3v) is 3.83. The summed E-state index contributed by atoms with van der Waals surface area (Å²) in [5.41, 5.74) is 2.45. The van der Waals surface area contributed by atoms with Crippen LogP contribution >= 0.6 is 11.8 Å². The van der Waals surface area contributed by atoms with Gasteiger partial charge in [-0.2, -0.15) is 0 Å². The van der Waals surface area contributed by atoms with Crippen molar-refractivity contribution in [3.63, 3.8) is 0 Å². The van der Waals surface area contributed by atoms with Gasteiger partial charge in [0, 0.05) is 24.2 Å². The molecule has 1 N–H and O–H groups in total. The Hall–Kier alpha value is -2.28. The van der Waals surface area contributed by atoms with E-state index in [4.69, 9.17) is 9.47 Å². The second-order valence-corrected chi connectivity index (χ2v) is 5.16. The number of H-pyrrole nitrogens is 1. The molecule has 0 fully saturated rings. The molecule has 7 heteroatoms. The third-order valence-electron chi connectivity index (χ3n) is 2.95. The fourth-order valence-electron chi connectivity index (χ4n) is 1.98. The minimum Gasteiger partial charge on any atom is -0.493 e. The summed E-state index contributed by atoms with van der Waals surface area (Å²) in [7, 11) is 3.22. The highest BCUT2D eigenvalue weighted by Gasteiger charge is 2.12. The van der Waals surface area contributed by atoms with E-state index in [2.05, 4.69) is 19.9 Å². The zero-order chi connectivity index (χ0) is 14.7. The molecule has 3 rings (SSSR count). The van der Waals surface area contributed by atoms with Crippen LogP contribution in [-0.4, -0.2) is 34.2 Å². The van der Waals surface area contributed by atoms with Gasteiger partial charge in [-0.25, -0.2) is 9.97 Å². The number of pyridine rings is 2. The summed E-state index contributed by atoms with van der Waals surface area (Å²) in [6.45, 7) is 0. The van der Waals surface area contributed by atoms with Crippen molar-refractivity contribution in [2.75, 3.05) is 14.2 Å².